The molecule has 1 aromatic rings. The summed E-state index contributed by atoms with van der Waals surface area (Å²) in [5.41, 5.74) is 0.732. The van der Waals surface area contributed by atoms with Gasteiger partial charge in [0.1, 0.15) is 0 Å². The Balaban J connectivity index is 0.000000571. The molecule has 0 radical (unpaired) electrons. The lowest BCUT2D eigenvalue weighted by atomic mass is 10.2. The van der Waals surface area contributed by atoms with Gasteiger partial charge in [0.05, 0.1) is 30.1 Å². The molecule has 1 rings (SSSR count). The molecular weight excluding hydrogens is 399 g/mol. The average molecular weight is 444 g/mol. The third-order valence-electron chi connectivity index (χ3n) is 5.18. The summed E-state index contributed by atoms with van der Waals surface area (Å²) in [6, 6.07) is 8.86. The Kier molecular flexibility index (Phi) is 16.6. The lowest BCUT2D eigenvalue weighted by Gasteiger charge is -2.28. The van der Waals surface area contributed by atoms with E-state index in [1.165, 1.54) is 57.4 Å². The van der Waals surface area contributed by atoms with E-state index in [1.807, 2.05) is 6.07 Å². The summed E-state index contributed by atoms with van der Waals surface area (Å²) in [4.78, 5) is 0. The molecule has 0 bridgehead atoms. The van der Waals surface area contributed by atoms with Crippen LogP contribution in [0.1, 0.15) is 84.6 Å². The van der Waals surface area contributed by atoms with Crippen LogP contribution in [0.4, 0.5) is 0 Å². The van der Waals surface area contributed by atoms with Crippen molar-refractivity contribution in [1.29, 1.82) is 0 Å². The van der Waals surface area contributed by atoms with Gasteiger partial charge in [0.15, 0.2) is 0 Å². The lowest BCUT2D eigenvalue weighted by molar-refractivity contribution is 0.494. The van der Waals surface area contributed by atoms with Crippen molar-refractivity contribution in [2.24, 2.45) is 0 Å². The molecule has 0 aromatic heterocycles. The number of benzene rings is 1. The van der Waals surface area contributed by atoms with Gasteiger partial charge in [0.25, 0.3) is 10.1 Å². The van der Waals surface area contributed by atoms with Crippen LogP contribution in [0.5, 0.6) is 0 Å². The van der Waals surface area contributed by atoms with E-state index in [9.17, 15) is 8.42 Å². The second kappa shape index (κ2) is 17.0. The van der Waals surface area contributed by atoms with Crippen LogP contribution < -0.4 is 0 Å². The zero-order valence-corrected chi connectivity index (χ0v) is 20.9. The van der Waals surface area contributed by atoms with Crippen molar-refractivity contribution in [2.75, 3.05) is 24.6 Å². The van der Waals surface area contributed by atoms with Crippen LogP contribution >= 0.6 is 7.26 Å². The number of unbranched alkanes of at least 4 members (excludes halogenated alkanes) is 4. The summed E-state index contributed by atoms with van der Waals surface area (Å²) in [5, 5.41) is 0.752. The van der Waals surface area contributed by atoms with Crippen molar-refractivity contribution >= 4 is 23.5 Å². The first-order valence-corrected chi connectivity index (χ1v) is 15.4. The topological polar surface area (TPSA) is 54.4 Å². The molecule has 0 aliphatic carbocycles. The number of hydrogen-bond acceptors (Lipinski definition) is 2. The molecule has 0 fully saturated rings. The first kappa shape index (κ1) is 28.3. The second-order valence-electron chi connectivity index (χ2n) is 7.88. The number of rotatable bonds is 14. The molecule has 0 saturated carbocycles. The largest absolute Gasteiger partial charge is 0.287 e. The molecule has 0 heterocycles. The van der Waals surface area contributed by atoms with E-state index < -0.39 is 17.4 Å². The maximum Gasteiger partial charge on any atom is 0.287 e. The van der Waals surface area contributed by atoms with E-state index in [4.69, 9.17) is 4.55 Å². The highest BCUT2D eigenvalue weighted by Gasteiger charge is 2.34. The van der Waals surface area contributed by atoms with E-state index in [2.05, 4.69) is 27.7 Å². The van der Waals surface area contributed by atoms with Gasteiger partial charge in [-0.05, 0) is 37.3 Å². The molecule has 0 aliphatic heterocycles. The fourth-order valence-electron chi connectivity index (χ4n) is 3.37. The van der Waals surface area contributed by atoms with Crippen molar-refractivity contribution in [3.8, 4) is 0 Å². The summed E-state index contributed by atoms with van der Waals surface area (Å²) in [6.07, 6.45) is 19.3. The SMILES string of the molecule is CCCC[P+](CCCC)(CCCC)CCCC.O=S(=O)(O)C=Cc1ccccc1. The highest BCUT2D eigenvalue weighted by atomic mass is 32.2. The molecule has 3 nitrogen and oxygen atoms in total. The maximum atomic E-state index is 10.3. The predicted octanol–water partition coefficient (Wildman–Crippen LogP) is 7.75. The van der Waals surface area contributed by atoms with E-state index in [-0.39, 0.29) is 0 Å². The molecule has 29 heavy (non-hydrogen) atoms. The smallest absolute Gasteiger partial charge is 0.282 e. The molecule has 0 aliphatic rings. The monoisotopic (exact) mass is 443 g/mol. The molecule has 0 atom stereocenters. The van der Waals surface area contributed by atoms with Crippen molar-refractivity contribution in [3.63, 3.8) is 0 Å². The van der Waals surface area contributed by atoms with Crippen LogP contribution in [0.25, 0.3) is 6.08 Å². The minimum Gasteiger partial charge on any atom is -0.282 e. The Morgan fingerprint density at radius 1 is 0.759 bits per heavy atom. The summed E-state index contributed by atoms with van der Waals surface area (Å²) in [6.45, 7) is 9.42. The highest BCUT2D eigenvalue weighted by Crippen LogP contribution is 2.61. The molecule has 1 N–H and O–H groups in total. The van der Waals surface area contributed by atoms with Crippen LogP contribution in [0.3, 0.4) is 0 Å². The Labute approximate surface area is 181 Å². The van der Waals surface area contributed by atoms with Crippen molar-refractivity contribution in [2.45, 2.75) is 79.1 Å². The molecule has 0 unspecified atom stereocenters. The van der Waals surface area contributed by atoms with Crippen molar-refractivity contribution < 1.29 is 13.0 Å². The molecule has 0 saturated heterocycles. The Morgan fingerprint density at radius 3 is 1.45 bits per heavy atom. The molecule has 0 amide bonds. The molecule has 0 spiro atoms. The first-order valence-electron chi connectivity index (χ1n) is 11.4. The van der Waals surface area contributed by atoms with E-state index in [1.54, 1.807) is 48.9 Å². The van der Waals surface area contributed by atoms with Gasteiger partial charge in [0.2, 0.25) is 0 Å². The molecule has 5 heteroatoms. The maximum absolute atomic E-state index is 10.3. The van der Waals surface area contributed by atoms with Gasteiger partial charge in [-0.3, -0.25) is 4.55 Å². The predicted molar refractivity (Wildman–Crippen MR) is 133 cm³/mol. The van der Waals surface area contributed by atoms with Gasteiger partial charge in [-0.15, -0.1) is 0 Å². The number of hydrogen-bond donors (Lipinski definition) is 1. The van der Waals surface area contributed by atoms with Crippen LogP contribution in [-0.2, 0) is 10.1 Å². The molecule has 1 aromatic carbocycles. The molecular formula is C24H44O3PS+. The van der Waals surface area contributed by atoms with Crippen LogP contribution in [0.15, 0.2) is 35.7 Å². The quantitative estimate of drug-likeness (QED) is 0.236. The Hall–Kier alpha value is -0.700. The van der Waals surface area contributed by atoms with Crippen molar-refractivity contribution in [3.05, 3.63) is 41.3 Å². The fraction of sp³-hybridized carbons (Fsp3) is 0.667. The van der Waals surface area contributed by atoms with Crippen molar-refractivity contribution in [1.82, 2.24) is 0 Å². The normalized spacial score (nSPS) is 12.0. The second-order valence-corrected chi connectivity index (χ2v) is 13.7. The van der Waals surface area contributed by atoms with Gasteiger partial charge >= 0.3 is 0 Å². The highest BCUT2D eigenvalue weighted by molar-refractivity contribution is 7.88. The van der Waals surface area contributed by atoms with E-state index in [0.29, 0.717) is 0 Å². The van der Waals surface area contributed by atoms with E-state index >= 15 is 0 Å². The van der Waals surface area contributed by atoms with Gasteiger partial charge in [-0.25, -0.2) is 0 Å². The summed E-state index contributed by atoms with van der Waals surface area (Å²) in [5.74, 6) is 0. The van der Waals surface area contributed by atoms with Crippen LogP contribution in [-0.4, -0.2) is 37.6 Å². The van der Waals surface area contributed by atoms with Gasteiger partial charge in [-0.1, -0.05) is 83.7 Å². The van der Waals surface area contributed by atoms with Gasteiger partial charge < -0.3 is 0 Å². The zero-order chi connectivity index (χ0) is 22.0. The fourth-order valence-corrected chi connectivity index (χ4v) is 8.99. The zero-order valence-electron chi connectivity index (χ0n) is 19.1. The summed E-state index contributed by atoms with van der Waals surface area (Å²) < 4.78 is 28.9. The lowest BCUT2D eigenvalue weighted by Crippen LogP contribution is -2.12. The van der Waals surface area contributed by atoms with Gasteiger partial charge in [0, 0.05) is 7.26 Å². The van der Waals surface area contributed by atoms with Crippen LogP contribution in [0.2, 0.25) is 0 Å². The summed E-state index contributed by atoms with van der Waals surface area (Å²) >= 11 is 0. The van der Waals surface area contributed by atoms with Crippen LogP contribution in [0, 0.1) is 0 Å². The third kappa shape index (κ3) is 15.8. The standard InChI is InChI=1S/C16H36P.C8H8O3S/c1-5-9-13-17(14-10-6-2,15-11-7-3)16-12-8-4;9-12(10,11)7-6-8-4-2-1-3-5-8/h5-16H2,1-4H3;1-7H,(H,9,10,11)/q+1;. The van der Waals surface area contributed by atoms with Gasteiger partial charge in [-0.2, -0.15) is 8.42 Å². The summed E-state index contributed by atoms with van der Waals surface area (Å²) in [7, 11) is -4.57. The minimum atomic E-state index is -4.00. The van der Waals surface area contributed by atoms with E-state index in [0.717, 1.165) is 11.0 Å². The Morgan fingerprint density at radius 2 is 1.14 bits per heavy atom. The Bertz CT molecular complexity index is 589. The first-order chi connectivity index (χ1) is 13.8. The third-order valence-corrected chi connectivity index (χ3v) is 10.7. The average Bonchev–Trinajstić information content (AvgIpc) is 2.72. The minimum absolute atomic E-state index is 0.562. The molecule has 168 valence electrons.